The monoisotopic (exact) mass is 157 g/mol. The number of rotatable bonds is 4. The molecule has 0 radical (unpaired) electrons. The van der Waals surface area contributed by atoms with Crippen molar-refractivity contribution in [3.8, 4) is 0 Å². The number of hydrogen-bond donors (Lipinski definition) is 1. The molecule has 0 aliphatic heterocycles. The average molecular weight is 157 g/mol. The van der Waals surface area contributed by atoms with E-state index in [1.807, 2.05) is 0 Å². The van der Waals surface area contributed by atoms with E-state index in [0.717, 1.165) is 13.1 Å². The van der Waals surface area contributed by atoms with E-state index in [2.05, 4.69) is 23.7 Å². The molecule has 0 spiro atoms. The summed E-state index contributed by atoms with van der Waals surface area (Å²) in [6.07, 6.45) is 2.39. The summed E-state index contributed by atoms with van der Waals surface area (Å²) < 4.78 is 0. The van der Waals surface area contributed by atoms with Crippen molar-refractivity contribution >= 4 is 5.96 Å². The van der Waals surface area contributed by atoms with Crippen LogP contribution in [0.1, 0.15) is 26.7 Å². The minimum absolute atomic E-state index is 0.654. The van der Waals surface area contributed by atoms with Crippen molar-refractivity contribution in [1.29, 1.82) is 0 Å². The van der Waals surface area contributed by atoms with Crippen LogP contribution < -0.4 is 5.73 Å². The number of guanidine groups is 1. The number of nitrogens with zero attached hydrogens (tertiary/aromatic N) is 2. The van der Waals surface area contributed by atoms with E-state index in [1.165, 1.54) is 12.8 Å². The molecule has 2 N–H and O–H groups in total. The summed E-state index contributed by atoms with van der Waals surface area (Å²) in [6, 6.07) is 0. The van der Waals surface area contributed by atoms with Gasteiger partial charge in [-0.15, -0.1) is 0 Å². The molecule has 0 atom stereocenters. The Kier molecular flexibility index (Phi) is 5.61. The van der Waals surface area contributed by atoms with Gasteiger partial charge in [0.15, 0.2) is 5.96 Å². The molecule has 0 unspecified atom stereocenters. The fraction of sp³-hybridized carbons (Fsp3) is 0.875. The Morgan fingerprint density at radius 3 is 2.45 bits per heavy atom. The molecule has 0 aromatic rings. The summed E-state index contributed by atoms with van der Waals surface area (Å²) >= 11 is 0. The third-order valence-corrected chi connectivity index (χ3v) is 1.72. The summed E-state index contributed by atoms with van der Waals surface area (Å²) in [5, 5.41) is 0. The lowest BCUT2D eigenvalue weighted by atomic mass is 10.3. The highest BCUT2D eigenvalue weighted by Crippen LogP contribution is 1.93. The zero-order chi connectivity index (χ0) is 8.69. The van der Waals surface area contributed by atoms with Gasteiger partial charge in [-0.3, -0.25) is 4.99 Å². The molecule has 0 aliphatic rings. The van der Waals surface area contributed by atoms with Gasteiger partial charge in [0, 0.05) is 20.1 Å². The zero-order valence-electron chi connectivity index (χ0n) is 7.80. The first kappa shape index (κ1) is 10.3. The van der Waals surface area contributed by atoms with Gasteiger partial charge in [0.05, 0.1) is 0 Å². The number of unbranched alkanes of at least 4 members (excludes halogenated alkanes) is 1. The molecule has 11 heavy (non-hydrogen) atoms. The standard InChI is InChI=1S/C8H19N3/c1-4-6-7-11(5-2)8(9)10-3/h4-7H2,1-3H3,(H2,9,10). The summed E-state index contributed by atoms with van der Waals surface area (Å²) in [5.74, 6) is 0.654. The molecule has 0 heterocycles. The Bertz CT molecular complexity index is 121. The molecule has 0 amide bonds. The smallest absolute Gasteiger partial charge is 0.190 e. The van der Waals surface area contributed by atoms with Crippen molar-refractivity contribution in [3.05, 3.63) is 0 Å². The van der Waals surface area contributed by atoms with E-state index in [0.29, 0.717) is 5.96 Å². The van der Waals surface area contributed by atoms with Crippen LogP contribution in [0, 0.1) is 0 Å². The maximum Gasteiger partial charge on any atom is 0.190 e. The molecule has 3 heteroatoms. The highest BCUT2D eigenvalue weighted by molar-refractivity contribution is 5.77. The third-order valence-electron chi connectivity index (χ3n) is 1.72. The minimum atomic E-state index is 0.654. The van der Waals surface area contributed by atoms with Crippen LogP contribution in [-0.4, -0.2) is 31.0 Å². The molecular formula is C8H19N3. The van der Waals surface area contributed by atoms with Gasteiger partial charge in [0.1, 0.15) is 0 Å². The fourth-order valence-corrected chi connectivity index (χ4v) is 0.925. The molecule has 0 bridgehead atoms. The van der Waals surface area contributed by atoms with E-state index < -0.39 is 0 Å². The van der Waals surface area contributed by atoms with Gasteiger partial charge in [0.25, 0.3) is 0 Å². The van der Waals surface area contributed by atoms with Gasteiger partial charge in [-0.2, -0.15) is 0 Å². The van der Waals surface area contributed by atoms with Gasteiger partial charge < -0.3 is 10.6 Å². The summed E-state index contributed by atoms with van der Waals surface area (Å²) in [7, 11) is 1.73. The number of aliphatic imine (C=N–C) groups is 1. The van der Waals surface area contributed by atoms with Crippen LogP contribution in [0.25, 0.3) is 0 Å². The van der Waals surface area contributed by atoms with Crippen LogP contribution in [0.3, 0.4) is 0 Å². The molecule has 0 aromatic heterocycles. The van der Waals surface area contributed by atoms with Crippen LogP contribution in [-0.2, 0) is 0 Å². The van der Waals surface area contributed by atoms with Crippen molar-refractivity contribution in [2.45, 2.75) is 26.7 Å². The Labute approximate surface area is 69.3 Å². The maximum absolute atomic E-state index is 5.64. The van der Waals surface area contributed by atoms with Gasteiger partial charge in [0.2, 0.25) is 0 Å². The molecule has 0 saturated carbocycles. The second-order valence-electron chi connectivity index (χ2n) is 2.52. The SMILES string of the molecule is CCCCN(CC)C(N)=NC. The zero-order valence-corrected chi connectivity index (χ0v) is 7.80. The number of hydrogen-bond acceptors (Lipinski definition) is 1. The lowest BCUT2D eigenvalue weighted by Gasteiger charge is -2.20. The molecule has 3 nitrogen and oxygen atoms in total. The van der Waals surface area contributed by atoms with Crippen molar-refractivity contribution in [2.24, 2.45) is 10.7 Å². The summed E-state index contributed by atoms with van der Waals surface area (Å²) in [4.78, 5) is 6.02. The lowest BCUT2D eigenvalue weighted by molar-refractivity contribution is 0.423. The Balaban J connectivity index is 3.75. The first-order valence-corrected chi connectivity index (χ1v) is 4.23. The summed E-state index contributed by atoms with van der Waals surface area (Å²) in [6.45, 7) is 6.24. The normalized spacial score (nSPS) is 11.7. The van der Waals surface area contributed by atoms with Crippen molar-refractivity contribution in [3.63, 3.8) is 0 Å². The molecule has 0 fully saturated rings. The molecule has 0 aromatic carbocycles. The van der Waals surface area contributed by atoms with Gasteiger partial charge in [-0.05, 0) is 13.3 Å². The highest BCUT2D eigenvalue weighted by atomic mass is 15.2. The van der Waals surface area contributed by atoms with E-state index in [1.54, 1.807) is 7.05 Å². The molecule has 0 aliphatic carbocycles. The largest absolute Gasteiger partial charge is 0.370 e. The van der Waals surface area contributed by atoms with E-state index in [4.69, 9.17) is 5.73 Å². The van der Waals surface area contributed by atoms with Crippen LogP contribution in [0.15, 0.2) is 4.99 Å². The second kappa shape index (κ2) is 6.01. The van der Waals surface area contributed by atoms with Crippen LogP contribution >= 0.6 is 0 Å². The van der Waals surface area contributed by atoms with Gasteiger partial charge in [-0.25, -0.2) is 0 Å². The van der Waals surface area contributed by atoms with Crippen molar-refractivity contribution < 1.29 is 0 Å². The fourth-order valence-electron chi connectivity index (χ4n) is 0.925. The molecule has 66 valence electrons. The van der Waals surface area contributed by atoms with Crippen LogP contribution in [0.2, 0.25) is 0 Å². The van der Waals surface area contributed by atoms with Gasteiger partial charge in [-0.1, -0.05) is 13.3 Å². The maximum atomic E-state index is 5.64. The second-order valence-corrected chi connectivity index (χ2v) is 2.52. The van der Waals surface area contributed by atoms with Gasteiger partial charge >= 0.3 is 0 Å². The molecule has 0 rings (SSSR count). The predicted molar refractivity (Wildman–Crippen MR) is 49.7 cm³/mol. The predicted octanol–water partition coefficient (Wildman–Crippen LogP) is 1.05. The highest BCUT2D eigenvalue weighted by Gasteiger charge is 2.01. The van der Waals surface area contributed by atoms with Crippen molar-refractivity contribution in [2.75, 3.05) is 20.1 Å². The van der Waals surface area contributed by atoms with Crippen LogP contribution in [0.5, 0.6) is 0 Å². The van der Waals surface area contributed by atoms with Crippen LogP contribution in [0.4, 0.5) is 0 Å². The summed E-state index contributed by atoms with van der Waals surface area (Å²) in [5.41, 5.74) is 5.64. The molecular weight excluding hydrogens is 138 g/mol. The Morgan fingerprint density at radius 1 is 1.45 bits per heavy atom. The number of nitrogens with two attached hydrogens (primary N) is 1. The van der Waals surface area contributed by atoms with E-state index in [-0.39, 0.29) is 0 Å². The third kappa shape index (κ3) is 3.86. The average Bonchev–Trinajstić information content (AvgIpc) is 2.05. The Morgan fingerprint density at radius 2 is 2.09 bits per heavy atom. The minimum Gasteiger partial charge on any atom is -0.370 e. The first-order valence-electron chi connectivity index (χ1n) is 4.23. The van der Waals surface area contributed by atoms with E-state index in [9.17, 15) is 0 Å². The lowest BCUT2D eigenvalue weighted by Crippen LogP contribution is -2.37. The quantitative estimate of drug-likeness (QED) is 0.489. The van der Waals surface area contributed by atoms with Crippen molar-refractivity contribution in [1.82, 2.24) is 4.90 Å². The molecule has 0 saturated heterocycles. The first-order chi connectivity index (χ1) is 5.26. The topological polar surface area (TPSA) is 41.6 Å². The van der Waals surface area contributed by atoms with E-state index >= 15 is 0 Å². The Hall–Kier alpha value is -0.730.